The molecule has 10 heteroatoms. The van der Waals surface area contributed by atoms with E-state index in [0.717, 1.165) is 54.1 Å². The van der Waals surface area contributed by atoms with Gasteiger partial charge in [0.15, 0.2) is 8.32 Å². The lowest BCUT2D eigenvalue weighted by Crippen LogP contribution is -2.44. The number of rotatable bonds is 7. The molecule has 4 heterocycles. The summed E-state index contributed by atoms with van der Waals surface area (Å²) in [5.41, 5.74) is 3.84. The van der Waals surface area contributed by atoms with Crippen molar-refractivity contribution in [3.8, 4) is 17.3 Å². The largest absolute Gasteiger partial charge is 0.464 e. The van der Waals surface area contributed by atoms with Crippen molar-refractivity contribution < 1.29 is 14.3 Å². The zero-order valence-corrected chi connectivity index (χ0v) is 24.8. The molecule has 0 spiro atoms. The van der Waals surface area contributed by atoms with E-state index in [0.29, 0.717) is 17.2 Å². The Labute approximate surface area is 236 Å². The summed E-state index contributed by atoms with van der Waals surface area (Å²) in [6, 6.07) is 11.0. The van der Waals surface area contributed by atoms with Gasteiger partial charge in [-0.25, -0.2) is 19.7 Å². The van der Waals surface area contributed by atoms with Crippen LogP contribution in [0.3, 0.4) is 0 Å². The highest BCUT2D eigenvalue weighted by Crippen LogP contribution is 2.43. The van der Waals surface area contributed by atoms with Gasteiger partial charge in [-0.2, -0.15) is 5.26 Å². The minimum Gasteiger partial charge on any atom is -0.464 e. The predicted molar refractivity (Wildman–Crippen MR) is 157 cm³/mol. The van der Waals surface area contributed by atoms with Crippen LogP contribution in [-0.2, 0) is 4.43 Å². The lowest BCUT2D eigenvalue weighted by atomic mass is 10.1. The van der Waals surface area contributed by atoms with Gasteiger partial charge in [-0.15, -0.1) is 0 Å². The van der Waals surface area contributed by atoms with Crippen LogP contribution in [0.25, 0.3) is 11.3 Å². The number of anilines is 3. The Morgan fingerprint density at radius 1 is 1.15 bits per heavy atom. The average molecular weight is 557 g/mol. The number of nitriles is 1. The van der Waals surface area contributed by atoms with E-state index in [4.69, 9.17) is 9.41 Å². The van der Waals surface area contributed by atoms with Crippen LogP contribution in [0.2, 0.25) is 18.1 Å². The van der Waals surface area contributed by atoms with Gasteiger partial charge < -0.3 is 14.4 Å². The highest BCUT2D eigenvalue weighted by atomic mass is 28.4. The molecule has 40 heavy (non-hydrogen) atoms. The maximum atomic E-state index is 12.4. The van der Waals surface area contributed by atoms with Gasteiger partial charge in [0.05, 0.1) is 35.3 Å². The quantitative estimate of drug-likeness (QED) is 0.320. The molecule has 1 saturated heterocycles. The molecule has 0 radical (unpaired) electrons. The van der Waals surface area contributed by atoms with Gasteiger partial charge in [-0.05, 0) is 79.2 Å². The van der Waals surface area contributed by atoms with Crippen molar-refractivity contribution in [3.63, 3.8) is 0 Å². The molecule has 1 aliphatic heterocycles. The van der Waals surface area contributed by atoms with E-state index in [1.165, 1.54) is 12.3 Å². The number of hydrogen-bond donors (Lipinski definition) is 1. The first kappa shape index (κ1) is 27.7. The molecule has 1 aliphatic carbocycles. The second kappa shape index (κ2) is 10.6. The van der Waals surface area contributed by atoms with Crippen molar-refractivity contribution in [3.05, 3.63) is 60.0 Å². The first-order valence-electron chi connectivity index (χ1n) is 13.7. The number of aromatic nitrogens is 3. The molecule has 0 aromatic carbocycles. The molecule has 3 aromatic rings. The maximum absolute atomic E-state index is 12.4. The third kappa shape index (κ3) is 5.86. The van der Waals surface area contributed by atoms with E-state index < -0.39 is 14.4 Å². The highest BCUT2D eigenvalue weighted by Gasteiger charge is 2.40. The Hall–Kier alpha value is -3.81. The summed E-state index contributed by atoms with van der Waals surface area (Å²) >= 11 is 0. The van der Waals surface area contributed by atoms with Crippen molar-refractivity contribution in [2.75, 3.05) is 22.9 Å². The van der Waals surface area contributed by atoms with Crippen LogP contribution in [0.5, 0.6) is 0 Å². The van der Waals surface area contributed by atoms with Crippen molar-refractivity contribution in [2.24, 2.45) is 0 Å². The number of nitrogens with zero attached hydrogens (tertiary/aromatic N) is 6. The van der Waals surface area contributed by atoms with Crippen LogP contribution in [0, 0.1) is 11.3 Å². The minimum absolute atomic E-state index is 0.134. The Bertz CT molecular complexity index is 1460. The fourth-order valence-electron chi connectivity index (χ4n) is 4.77. The fraction of sp³-hybridized carbons (Fsp3) is 0.433. The first-order chi connectivity index (χ1) is 18.9. The van der Waals surface area contributed by atoms with Crippen LogP contribution < -0.4 is 9.80 Å². The van der Waals surface area contributed by atoms with Gasteiger partial charge in [-0.3, -0.25) is 4.98 Å². The highest BCUT2D eigenvalue weighted by molar-refractivity contribution is 6.74. The lowest BCUT2D eigenvalue weighted by molar-refractivity contribution is 0.202. The van der Waals surface area contributed by atoms with Gasteiger partial charge >= 0.3 is 6.09 Å². The third-order valence-electron chi connectivity index (χ3n) is 8.20. The minimum atomic E-state index is -1.86. The van der Waals surface area contributed by atoms with E-state index in [9.17, 15) is 15.2 Å². The summed E-state index contributed by atoms with van der Waals surface area (Å²) < 4.78 is 6.68. The van der Waals surface area contributed by atoms with Crippen LogP contribution >= 0.6 is 0 Å². The second-order valence-corrected chi connectivity index (χ2v) is 17.0. The monoisotopic (exact) mass is 556 g/mol. The summed E-state index contributed by atoms with van der Waals surface area (Å²) in [5, 5.41) is 19.6. The molecular formula is C30H36N6O3Si. The third-order valence-corrected chi connectivity index (χ3v) is 12.7. The van der Waals surface area contributed by atoms with Crippen molar-refractivity contribution in [1.82, 2.24) is 15.0 Å². The van der Waals surface area contributed by atoms with E-state index in [1.807, 2.05) is 24.4 Å². The number of pyridine rings is 3. The summed E-state index contributed by atoms with van der Waals surface area (Å²) in [6.07, 6.45) is 7.12. The van der Waals surface area contributed by atoms with Crippen molar-refractivity contribution >= 4 is 31.7 Å². The molecule has 2 fully saturated rings. The number of carboxylic acid groups (broad SMARTS) is 1. The molecule has 1 N–H and O–H groups in total. The zero-order valence-electron chi connectivity index (χ0n) is 23.8. The number of amides is 1. The van der Waals surface area contributed by atoms with Gasteiger partial charge in [0.2, 0.25) is 0 Å². The predicted octanol–water partition coefficient (Wildman–Crippen LogP) is 6.70. The van der Waals surface area contributed by atoms with Crippen LogP contribution in [-0.4, -0.2) is 53.7 Å². The molecule has 9 nitrogen and oxygen atoms in total. The lowest BCUT2D eigenvalue weighted by Gasteiger charge is -2.38. The fourth-order valence-corrected chi connectivity index (χ4v) is 6.15. The average Bonchev–Trinajstić information content (AvgIpc) is 3.67. The maximum Gasteiger partial charge on any atom is 0.418 e. The van der Waals surface area contributed by atoms with Crippen LogP contribution in [0.15, 0.2) is 48.9 Å². The summed E-state index contributed by atoms with van der Waals surface area (Å²) in [4.78, 5) is 29.3. The Kier molecular flexibility index (Phi) is 7.38. The van der Waals surface area contributed by atoms with Gasteiger partial charge in [0, 0.05) is 31.0 Å². The molecule has 1 saturated carbocycles. The smallest absolute Gasteiger partial charge is 0.418 e. The molecule has 5 rings (SSSR count). The molecule has 1 atom stereocenters. The summed E-state index contributed by atoms with van der Waals surface area (Å²) in [5.74, 6) is 0.760. The first-order valence-corrected chi connectivity index (χ1v) is 16.7. The molecule has 1 unspecified atom stereocenters. The molecule has 3 aromatic heterocycles. The van der Waals surface area contributed by atoms with Crippen molar-refractivity contribution in [1.29, 1.82) is 5.26 Å². The summed E-state index contributed by atoms with van der Waals surface area (Å²) in [7, 11) is -1.86. The Morgan fingerprint density at radius 3 is 2.60 bits per heavy atom. The van der Waals surface area contributed by atoms with Crippen LogP contribution in [0.1, 0.15) is 57.1 Å². The van der Waals surface area contributed by atoms with E-state index >= 15 is 0 Å². The van der Waals surface area contributed by atoms with E-state index in [1.54, 1.807) is 12.3 Å². The van der Waals surface area contributed by atoms with Crippen molar-refractivity contribution in [2.45, 2.75) is 70.2 Å². The van der Waals surface area contributed by atoms with E-state index in [-0.39, 0.29) is 22.8 Å². The standard InChI is InChI=1S/C30H36N6O3Si/c1-30(2,3)40(4,5)39-25-9-11-35(19-25)24-13-23(17-32-18-24)26-14-22(21-6-7-21)15-28(34-26)36(29(37)38)27-12-20(16-31)8-10-33-27/h8,10,12-15,17-18,21,25H,6-7,9,11,19H2,1-5H3,(H,37,38). The topological polar surface area (TPSA) is 115 Å². The van der Waals surface area contributed by atoms with Gasteiger partial charge in [0.25, 0.3) is 0 Å². The Morgan fingerprint density at radius 2 is 1.93 bits per heavy atom. The molecule has 208 valence electrons. The molecule has 1 amide bonds. The second-order valence-electron chi connectivity index (χ2n) is 12.2. The SMILES string of the molecule is CC(C)(C)[Si](C)(C)OC1CCN(c2cncc(-c3cc(C4CC4)cc(N(C(=O)O)c4cc(C#N)ccn4)n3)c2)C1. The molecule has 0 bridgehead atoms. The van der Waals surface area contributed by atoms with Gasteiger partial charge in [-0.1, -0.05) is 20.8 Å². The molecule has 2 aliphatic rings. The molecular weight excluding hydrogens is 520 g/mol. The Balaban J connectivity index is 1.45. The number of hydrogen-bond acceptors (Lipinski definition) is 7. The summed E-state index contributed by atoms with van der Waals surface area (Å²) in [6.45, 7) is 13.1. The normalized spacial score (nSPS) is 17.5. The number of carbonyl (C=O) groups is 1. The van der Waals surface area contributed by atoms with Crippen LogP contribution in [0.4, 0.5) is 22.1 Å². The zero-order chi connectivity index (χ0) is 28.7. The van der Waals surface area contributed by atoms with Gasteiger partial charge in [0.1, 0.15) is 11.6 Å². The van der Waals surface area contributed by atoms with E-state index in [2.05, 4.69) is 54.8 Å².